The number of ether oxygens (including phenoxy) is 1. The number of guanidine groups is 1. The Morgan fingerprint density at radius 3 is 2.77 bits per heavy atom. The summed E-state index contributed by atoms with van der Waals surface area (Å²) < 4.78 is 19.4. The van der Waals surface area contributed by atoms with Gasteiger partial charge in [0.05, 0.1) is 6.10 Å². The van der Waals surface area contributed by atoms with E-state index < -0.39 is 0 Å². The van der Waals surface area contributed by atoms with Gasteiger partial charge in [-0.3, -0.25) is 4.99 Å². The molecule has 1 saturated carbocycles. The third-order valence-corrected chi connectivity index (χ3v) is 5.92. The average molecular weight is 475 g/mol. The van der Waals surface area contributed by atoms with Gasteiger partial charge in [-0.1, -0.05) is 39.8 Å². The maximum absolute atomic E-state index is 13.5. The Kier molecular flexibility index (Phi) is 6.59. The Bertz CT molecular complexity index is 662. The molecule has 3 unspecified atom stereocenters. The molecule has 0 radical (unpaired) electrons. The number of halogens is 2. The Morgan fingerprint density at radius 2 is 2.12 bits per heavy atom. The van der Waals surface area contributed by atoms with Crippen LogP contribution in [0.15, 0.2) is 29.3 Å². The van der Waals surface area contributed by atoms with Gasteiger partial charge < -0.3 is 15.4 Å². The first kappa shape index (κ1) is 21.4. The zero-order valence-electron chi connectivity index (χ0n) is 16.3. The largest absolute Gasteiger partial charge is 0.377 e. The van der Waals surface area contributed by atoms with Crippen molar-refractivity contribution in [1.82, 2.24) is 10.6 Å². The second-order valence-electron chi connectivity index (χ2n) is 8.51. The van der Waals surface area contributed by atoms with E-state index in [1.54, 1.807) is 19.2 Å². The van der Waals surface area contributed by atoms with E-state index in [9.17, 15) is 4.39 Å². The van der Waals surface area contributed by atoms with Gasteiger partial charge in [-0.05, 0) is 24.1 Å². The predicted octanol–water partition coefficient (Wildman–Crippen LogP) is 3.70. The molecule has 1 aliphatic carbocycles. The number of nitrogens with one attached hydrogen (secondary N) is 2. The summed E-state index contributed by atoms with van der Waals surface area (Å²) >= 11 is 0. The summed E-state index contributed by atoms with van der Waals surface area (Å²) in [6, 6.07) is 7.18. The zero-order valence-corrected chi connectivity index (χ0v) is 18.6. The van der Waals surface area contributed by atoms with Crippen LogP contribution in [0.5, 0.6) is 0 Å². The van der Waals surface area contributed by atoms with E-state index in [0.29, 0.717) is 24.6 Å². The first-order valence-electron chi connectivity index (χ1n) is 9.10. The standard InChI is InChI=1S/C20H30FN3O.HI/c1-19(2,13-7-6-8-14(21)11-13)12-23-18(22-5)24-16-15-9-10-25-17(15)20(16,3)4;/h6-8,11,15-17H,9-10,12H2,1-5H3,(H2,22,23,24);1H. The summed E-state index contributed by atoms with van der Waals surface area (Å²) in [7, 11) is 1.79. The van der Waals surface area contributed by atoms with Crippen LogP contribution in [0.2, 0.25) is 0 Å². The van der Waals surface area contributed by atoms with Crippen molar-refractivity contribution in [2.45, 2.75) is 51.7 Å². The summed E-state index contributed by atoms with van der Waals surface area (Å²) in [6.07, 6.45) is 1.46. The van der Waals surface area contributed by atoms with E-state index >= 15 is 0 Å². The van der Waals surface area contributed by atoms with Crippen LogP contribution in [0.25, 0.3) is 0 Å². The molecule has 1 aliphatic heterocycles. The third kappa shape index (κ3) is 4.01. The smallest absolute Gasteiger partial charge is 0.191 e. The minimum absolute atomic E-state index is 0. The van der Waals surface area contributed by atoms with Crippen LogP contribution in [0.4, 0.5) is 4.39 Å². The Hall–Kier alpha value is -0.890. The SMILES string of the molecule is CN=C(NCC(C)(C)c1cccc(F)c1)NC1C2CCOC2C1(C)C.I. The molecule has 2 N–H and O–H groups in total. The summed E-state index contributed by atoms with van der Waals surface area (Å²) in [5.41, 5.74) is 0.883. The second kappa shape index (κ2) is 8.00. The lowest BCUT2D eigenvalue weighted by atomic mass is 9.57. The van der Waals surface area contributed by atoms with Gasteiger partial charge in [-0.15, -0.1) is 24.0 Å². The Morgan fingerprint density at radius 1 is 1.38 bits per heavy atom. The van der Waals surface area contributed by atoms with Crippen LogP contribution >= 0.6 is 24.0 Å². The molecule has 0 amide bonds. The van der Waals surface area contributed by atoms with Crippen molar-refractivity contribution in [1.29, 1.82) is 0 Å². The normalized spacial score (nSPS) is 27.2. The first-order valence-corrected chi connectivity index (χ1v) is 9.10. The number of nitrogens with zero attached hydrogens (tertiary/aromatic N) is 1. The Labute approximate surface area is 173 Å². The molecule has 2 aliphatic rings. The van der Waals surface area contributed by atoms with Gasteiger partial charge in [0.25, 0.3) is 0 Å². The fourth-order valence-corrected chi connectivity index (χ4v) is 4.28. The number of hydrogen-bond donors (Lipinski definition) is 2. The second-order valence-corrected chi connectivity index (χ2v) is 8.51. The van der Waals surface area contributed by atoms with Crippen molar-refractivity contribution < 1.29 is 9.13 Å². The van der Waals surface area contributed by atoms with Crippen molar-refractivity contribution in [3.8, 4) is 0 Å². The van der Waals surface area contributed by atoms with Gasteiger partial charge in [-0.2, -0.15) is 0 Å². The molecule has 1 saturated heterocycles. The van der Waals surface area contributed by atoms with E-state index in [1.165, 1.54) is 6.07 Å². The van der Waals surface area contributed by atoms with Crippen LogP contribution in [0.1, 0.15) is 39.7 Å². The summed E-state index contributed by atoms with van der Waals surface area (Å²) in [5.74, 6) is 1.16. The van der Waals surface area contributed by atoms with E-state index in [-0.39, 0.29) is 40.6 Å². The van der Waals surface area contributed by atoms with Crippen LogP contribution in [0, 0.1) is 17.2 Å². The molecule has 4 nitrogen and oxygen atoms in total. The highest BCUT2D eigenvalue weighted by Gasteiger charge is 2.59. The third-order valence-electron chi connectivity index (χ3n) is 5.92. The maximum Gasteiger partial charge on any atom is 0.191 e. The summed E-state index contributed by atoms with van der Waals surface area (Å²) in [5, 5.41) is 7.01. The van der Waals surface area contributed by atoms with Crippen molar-refractivity contribution in [3.63, 3.8) is 0 Å². The van der Waals surface area contributed by atoms with Crippen LogP contribution in [0.3, 0.4) is 0 Å². The minimum atomic E-state index is -0.201. The number of rotatable bonds is 4. The number of benzene rings is 1. The predicted molar refractivity (Wildman–Crippen MR) is 115 cm³/mol. The van der Waals surface area contributed by atoms with Crippen LogP contribution in [-0.4, -0.2) is 38.3 Å². The molecule has 146 valence electrons. The number of hydrogen-bond acceptors (Lipinski definition) is 2. The Balaban J connectivity index is 0.00000243. The van der Waals surface area contributed by atoms with Gasteiger partial charge >= 0.3 is 0 Å². The molecule has 1 heterocycles. The van der Waals surface area contributed by atoms with Crippen LogP contribution in [-0.2, 0) is 10.2 Å². The quantitative estimate of drug-likeness (QED) is 0.397. The topological polar surface area (TPSA) is 45.7 Å². The van der Waals surface area contributed by atoms with E-state index in [4.69, 9.17) is 4.74 Å². The highest BCUT2D eigenvalue weighted by Crippen LogP contribution is 2.52. The van der Waals surface area contributed by atoms with Crippen molar-refractivity contribution in [3.05, 3.63) is 35.6 Å². The first-order chi connectivity index (χ1) is 11.8. The maximum atomic E-state index is 13.5. The lowest BCUT2D eigenvalue weighted by Gasteiger charge is -2.55. The molecule has 0 aromatic heterocycles. The molecule has 1 aromatic carbocycles. The molecule has 26 heavy (non-hydrogen) atoms. The fraction of sp³-hybridized carbons (Fsp3) is 0.650. The van der Waals surface area contributed by atoms with Crippen LogP contribution < -0.4 is 10.6 Å². The fourth-order valence-electron chi connectivity index (χ4n) is 4.28. The molecule has 0 spiro atoms. The van der Waals surface area contributed by atoms with E-state index in [1.807, 2.05) is 6.07 Å². The van der Waals surface area contributed by atoms with Crippen molar-refractivity contribution in [2.75, 3.05) is 20.2 Å². The average Bonchev–Trinajstić information content (AvgIpc) is 3.02. The monoisotopic (exact) mass is 475 g/mol. The van der Waals surface area contributed by atoms with Gasteiger partial charge in [0, 0.05) is 43.0 Å². The zero-order chi connectivity index (χ0) is 18.2. The molecule has 3 atom stereocenters. The molecule has 3 rings (SSSR count). The lowest BCUT2D eigenvalue weighted by Crippen LogP contribution is -2.68. The van der Waals surface area contributed by atoms with Gasteiger partial charge in [0.15, 0.2) is 5.96 Å². The van der Waals surface area contributed by atoms with Gasteiger partial charge in [0.2, 0.25) is 0 Å². The van der Waals surface area contributed by atoms with Crippen molar-refractivity contribution in [2.24, 2.45) is 16.3 Å². The minimum Gasteiger partial charge on any atom is -0.377 e. The lowest BCUT2D eigenvalue weighted by molar-refractivity contribution is -0.106. The summed E-state index contributed by atoms with van der Waals surface area (Å²) in [4.78, 5) is 4.38. The molecular formula is C20H31FIN3O. The molecule has 6 heteroatoms. The molecular weight excluding hydrogens is 444 g/mol. The van der Waals surface area contributed by atoms with Gasteiger partial charge in [0.1, 0.15) is 5.82 Å². The number of aliphatic imine (C=N–C) groups is 1. The molecule has 1 aromatic rings. The molecule has 0 bridgehead atoms. The van der Waals surface area contributed by atoms with Crippen molar-refractivity contribution >= 4 is 29.9 Å². The number of fused-ring (bicyclic) bond motifs is 1. The van der Waals surface area contributed by atoms with E-state index in [2.05, 4.69) is 43.3 Å². The van der Waals surface area contributed by atoms with Gasteiger partial charge in [-0.25, -0.2) is 4.39 Å². The van der Waals surface area contributed by atoms with E-state index in [0.717, 1.165) is 24.6 Å². The summed E-state index contributed by atoms with van der Waals surface area (Å²) in [6.45, 7) is 10.2. The highest BCUT2D eigenvalue weighted by molar-refractivity contribution is 14.0. The highest BCUT2D eigenvalue weighted by atomic mass is 127. The molecule has 2 fully saturated rings.